The molecule has 2 heterocycles. The van der Waals surface area contributed by atoms with Gasteiger partial charge in [0.05, 0.1) is 22.0 Å². The van der Waals surface area contributed by atoms with Crippen LogP contribution in [0.5, 0.6) is 0 Å². The van der Waals surface area contributed by atoms with Gasteiger partial charge in [-0.15, -0.1) is 0 Å². The van der Waals surface area contributed by atoms with Crippen molar-refractivity contribution in [2.24, 2.45) is 0 Å². The lowest BCUT2D eigenvalue weighted by molar-refractivity contribution is -0.384. The average Bonchev–Trinajstić information content (AvgIpc) is 2.93. The number of nitro groups is 1. The summed E-state index contributed by atoms with van der Waals surface area (Å²) in [6, 6.07) is 4.20. The molecule has 2 unspecified atom stereocenters. The van der Waals surface area contributed by atoms with Gasteiger partial charge in [0.25, 0.3) is 5.69 Å². The third-order valence-corrected chi connectivity index (χ3v) is 6.92. The number of sulfonamides is 1. The van der Waals surface area contributed by atoms with Gasteiger partial charge in [-0.2, -0.15) is 4.31 Å². The highest BCUT2D eigenvalue weighted by Gasteiger charge is 2.36. The van der Waals surface area contributed by atoms with Gasteiger partial charge in [0, 0.05) is 32.2 Å². The molecule has 2 fully saturated rings. The van der Waals surface area contributed by atoms with Crippen LogP contribution in [0.4, 0.5) is 11.4 Å². The van der Waals surface area contributed by atoms with Crippen molar-refractivity contribution < 1.29 is 18.1 Å². The van der Waals surface area contributed by atoms with Crippen molar-refractivity contribution in [3.05, 3.63) is 28.3 Å². The summed E-state index contributed by atoms with van der Waals surface area (Å²) >= 11 is 0. The molecule has 0 radical (unpaired) electrons. The zero-order valence-corrected chi connectivity index (χ0v) is 15.2. The fraction of sp³-hybridized carbons (Fsp3) is 0.625. The molecule has 0 spiro atoms. The minimum atomic E-state index is -3.73. The summed E-state index contributed by atoms with van der Waals surface area (Å²) in [7, 11) is -3.73. The highest BCUT2D eigenvalue weighted by Crippen LogP contribution is 2.36. The van der Waals surface area contributed by atoms with Gasteiger partial charge in [-0.1, -0.05) is 13.8 Å². The van der Waals surface area contributed by atoms with Crippen molar-refractivity contribution in [2.45, 2.75) is 43.8 Å². The second-order valence-corrected chi connectivity index (χ2v) is 8.30. The molecule has 0 N–H and O–H groups in total. The summed E-state index contributed by atoms with van der Waals surface area (Å²) in [5.41, 5.74) is 0.290. The largest absolute Gasteiger partial charge is 0.371 e. The van der Waals surface area contributed by atoms with Crippen LogP contribution in [-0.2, 0) is 14.8 Å². The van der Waals surface area contributed by atoms with E-state index in [0.29, 0.717) is 31.9 Å². The number of nitrogens with zero attached hydrogens (tertiary/aromatic N) is 3. The number of hydrogen-bond donors (Lipinski definition) is 0. The molecule has 0 aliphatic carbocycles. The molecule has 3 rings (SSSR count). The van der Waals surface area contributed by atoms with E-state index < -0.39 is 14.9 Å². The Hall–Kier alpha value is -1.71. The van der Waals surface area contributed by atoms with E-state index in [9.17, 15) is 18.5 Å². The van der Waals surface area contributed by atoms with Crippen molar-refractivity contribution in [1.29, 1.82) is 0 Å². The predicted octanol–water partition coefficient (Wildman–Crippen LogP) is 1.99. The first-order valence-corrected chi connectivity index (χ1v) is 9.99. The molecule has 2 aliphatic heterocycles. The maximum atomic E-state index is 12.6. The Morgan fingerprint density at radius 3 is 2.36 bits per heavy atom. The van der Waals surface area contributed by atoms with Gasteiger partial charge < -0.3 is 9.64 Å². The Morgan fingerprint density at radius 2 is 1.84 bits per heavy atom. The predicted molar refractivity (Wildman–Crippen MR) is 93.3 cm³/mol. The van der Waals surface area contributed by atoms with Crippen molar-refractivity contribution in [1.82, 2.24) is 4.31 Å². The van der Waals surface area contributed by atoms with E-state index in [0.717, 1.165) is 12.8 Å². The molecule has 2 bridgehead atoms. The third kappa shape index (κ3) is 3.36. The molecule has 9 heteroatoms. The highest BCUT2D eigenvalue weighted by atomic mass is 32.2. The fourth-order valence-corrected chi connectivity index (χ4v) is 5.08. The standard InChI is InChI=1S/C16H23N3O5S/c1-3-18(4-2)25(22,23)14-7-8-15(16(9-14)19(20)21)17-10-12-5-6-13(11-17)24-12/h7-9,12-13H,3-6,10-11H2,1-2H3. The van der Waals surface area contributed by atoms with Crippen molar-refractivity contribution in [3.8, 4) is 0 Å². The molecule has 138 valence electrons. The van der Waals surface area contributed by atoms with Gasteiger partial charge in [-0.3, -0.25) is 10.1 Å². The van der Waals surface area contributed by atoms with Gasteiger partial charge in [0.1, 0.15) is 5.69 Å². The fourth-order valence-electron chi connectivity index (χ4n) is 3.60. The monoisotopic (exact) mass is 369 g/mol. The molecule has 2 atom stereocenters. The first kappa shape index (κ1) is 18.1. The number of hydrogen-bond acceptors (Lipinski definition) is 6. The zero-order valence-electron chi connectivity index (χ0n) is 14.4. The summed E-state index contributed by atoms with van der Waals surface area (Å²) in [5.74, 6) is 0. The van der Waals surface area contributed by atoms with Crippen molar-refractivity contribution in [2.75, 3.05) is 31.1 Å². The summed E-state index contributed by atoms with van der Waals surface area (Å²) in [6.45, 7) is 5.32. The molecule has 1 aromatic rings. The lowest BCUT2D eigenvalue weighted by Gasteiger charge is -2.33. The highest BCUT2D eigenvalue weighted by molar-refractivity contribution is 7.89. The molecule has 0 saturated carbocycles. The van der Waals surface area contributed by atoms with E-state index in [-0.39, 0.29) is 22.8 Å². The zero-order chi connectivity index (χ0) is 18.2. The Kier molecular flexibility index (Phi) is 4.99. The molecule has 0 amide bonds. The average molecular weight is 369 g/mol. The van der Waals surface area contributed by atoms with Crippen LogP contribution in [0.25, 0.3) is 0 Å². The van der Waals surface area contributed by atoms with Crippen LogP contribution in [0.2, 0.25) is 0 Å². The van der Waals surface area contributed by atoms with Crippen LogP contribution in [0.1, 0.15) is 26.7 Å². The quantitative estimate of drug-likeness (QED) is 0.562. The second-order valence-electron chi connectivity index (χ2n) is 6.36. The van der Waals surface area contributed by atoms with E-state index in [1.54, 1.807) is 19.9 Å². The van der Waals surface area contributed by atoms with Gasteiger partial charge in [-0.25, -0.2) is 8.42 Å². The second kappa shape index (κ2) is 6.89. The number of fused-ring (bicyclic) bond motifs is 2. The normalized spacial score (nSPS) is 23.2. The van der Waals surface area contributed by atoms with Crippen LogP contribution in [0.15, 0.2) is 23.1 Å². The third-order valence-electron chi connectivity index (χ3n) is 4.87. The Balaban J connectivity index is 1.98. The summed E-state index contributed by atoms with van der Waals surface area (Å²) in [4.78, 5) is 13.0. The van der Waals surface area contributed by atoms with Crippen molar-refractivity contribution >= 4 is 21.4 Å². The number of anilines is 1. The molecular weight excluding hydrogens is 346 g/mol. The summed E-state index contributed by atoms with van der Waals surface area (Å²) in [5, 5.41) is 11.6. The van der Waals surface area contributed by atoms with Gasteiger partial charge in [0.15, 0.2) is 0 Å². The smallest absolute Gasteiger partial charge is 0.293 e. The Labute approximate surface area is 147 Å². The van der Waals surface area contributed by atoms with E-state index in [1.165, 1.54) is 16.4 Å². The number of morpholine rings is 1. The molecule has 1 aromatic carbocycles. The topological polar surface area (TPSA) is 93.0 Å². The minimum absolute atomic E-state index is 0.0390. The minimum Gasteiger partial charge on any atom is -0.371 e. The number of nitro benzene ring substituents is 1. The molecule has 25 heavy (non-hydrogen) atoms. The Bertz CT molecular complexity index is 751. The van der Waals surface area contributed by atoms with Crippen LogP contribution in [0.3, 0.4) is 0 Å². The lowest BCUT2D eigenvalue weighted by atomic mass is 10.2. The van der Waals surface area contributed by atoms with Gasteiger partial charge in [-0.05, 0) is 25.0 Å². The van der Waals surface area contributed by atoms with Crippen LogP contribution in [0, 0.1) is 10.1 Å². The van der Waals surface area contributed by atoms with E-state index in [4.69, 9.17) is 4.74 Å². The van der Waals surface area contributed by atoms with E-state index in [1.807, 2.05) is 4.90 Å². The Morgan fingerprint density at radius 1 is 1.24 bits per heavy atom. The SMILES string of the molecule is CCN(CC)S(=O)(=O)c1ccc(N2CC3CCC(C2)O3)c([N+](=O)[O-])c1. The summed E-state index contributed by atoms with van der Waals surface area (Å²) in [6.07, 6.45) is 2.11. The first-order valence-electron chi connectivity index (χ1n) is 8.55. The maximum Gasteiger partial charge on any atom is 0.293 e. The van der Waals surface area contributed by atoms with E-state index in [2.05, 4.69) is 0 Å². The van der Waals surface area contributed by atoms with E-state index >= 15 is 0 Å². The first-order chi connectivity index (χ1) is 11.9. The lowest BCUT2D eigenvalue weighted by Crippen LogP contribution is -2.42. The molecule has 2 aliphatic rings. The maximum absolute atomic E-state index is 12.6. The number of rotatable bonds is 6. The van der Waals surface area contributed by atoms with Crippen LogP contribution < -0.4 is 4.90 Å². The summed E-state index contributed by atoms with van der Waals surface area (Å²) < 4.78 is 32.3. The number of ether oxygens (including phenoxy) is 1. The molecular formula is C16H23N3O5S. The number of benzene rings is 1. The van der Waals surface area contributed by atoms with Crippen LogP contribution in [-0.4, -0.2) is 56.0 Å². The van der Waals surface area contributed by atoms with Crippen LogP contribution >= 0.6 is 0 Å². The van der Waals surface area contributed by atoms with Crippen molar-refractivity contribution in [3.63, 3.8) is 0 Å². The van der Waals surface area contributed by atoms with Gasteiger partial charge in [0.2, 0.25) is 10.0 Å². The molecule has 0 aromatic heterocycles. The van der Waals surface area contributed by atoms with Gasteiger partial charge >= 0.3 is 0 Å². The molecule has 2 saturated heterocycles. The molecule has 8 nitrogen and oxygen atoms in total.